The lowest BCUT2D eigenvalue weighted by atomic mass is 9.92. The Kier molecular flexibility index (Phi) is 3.88. The Hall–Kier alpha value is -1.96. The first-order valence-electron chi connectivity index (χ1n) is 6.03. The minimum Gasteiger partial charge on any atom is -0.497 e. The molecule has 2 nitrogen and oxygen atoms in total. The van der Waals surface area contributed by atoms with Crippen molar-refractivity contribution in [3.63, 3.8) is 0 Å². The van der Waals surface area contributed by atoms with E-state index < -0.39 is 0 Å². The van der Waals surface area contributed by atoms with Gasteiger partial charge in [-0.25, -0.2) is 0 Å². The zero-order chi connectivity index (χ0) is 13.0. The molecule has 18 heavy (non-hydrogen) atoms. The molecule has 94 valence electrons. The fraction of sp³-hybridized carbons (Fsp3) is 0.250. The monoisotopic (exact) mass is 242 g/mol. The molecule has 1 atom stereocenters. The van der Waals surface area contributed by atoms with Crippen LogP contribution in [0.5, 0.6) is 11.5 Å². The third-order valence-corrected chi connectivity index (χ3v) is 3.20. The minimum atomic E-state index is 0.274. The molecule has 0 aliphatic carbocycles. The molecule has 0 spiro atoms. The lowest BCUT2D eigenvalue weighted by molar-refractivity contribution is 0.397. The maximum absolute atomic E-state index is 5.43. The molecule has 0 aliphatic heterocycles. The van der Waals surface area contributed by atoms with Crippen molar-refractivity contribution in [2.45, 2.75) is 12.8 Å². The van der Waals surface area contributed by atoms with Gasteiger partial charge >= 0.3 is 0 Å². The number of ether oxygens (including phenoxy) is 2. The third kappa shape index (κ3) is 2.48. The normalized spacial score (nSPS) is 11.9. The summed E-state index contributed by atoms with van der Waals surface area (Å²) in [5, 5.41) is 0. The summed E-state index contributed by atoms with van der Waals surface area (Å²) in [5.41, 5.74) is 2.41. The highest BCUT2D eigenvalue weighted by atomic mass is 16.5. The van der Waals surface area contributed by atoms with E-state index in [-0.39, 0.29) is 5.92 Å². The van der Waals surface area contributed by atoms with Gasteiger partial charge in [0.1, 0.15) is 11.5 Å². The number of hydrogen-bond acceptors (Lipinski definition) is 2. The van der Waals surface area contributed by atoms with Crippen LogP contribution < -0.4 is 9.47 Å². The van der Waals surface area contributed by atoms with Crippen molar-refractivity contribution in [2.24, 2.45) is 0 Å². The van der Waals surface area contributed by atoms with Gasteiger partial charge in [0.2, 0.25) is 0 Å². The molecule has 0 aliphatic rings. The van der Waals surface area contributed by atoms with Crippen LogP contribution in [0.3, 0.4) is 0 Å². The maximum Gasteiger partial charge on any atom is 0.122 e. The van der Waals surface area contributed by atoms with E-state index in [9.17, 15) is 0 Å². The molecule has 2 aromatic rings. The Labute approximate surface area is 108 Å². The van der Waals surface area contributed by atoms with E-state index in [1.54, 1.807) is 14.2 Å². The second-order valence-corrected chi connectivity index (χ2v) is 4.24. The van der Waals surface area contributed by atoms with Gasteiger partial charge in [-0.05, 0) is 23.8 Å². The first kappa shape index (κ1) is 12.5. The van der Waals surface area contributed by atoms with Crippen LogP contribution in [0.4, 0.5) is 0 Å². The van der Waals surface area contributed by atoms with Crippen LogP contribution in [-0.2, 0) is 0 Å². The molecule has 2 rings (SSSR count). The lowest BCUT2D eigenvalue weighted by Crippen LogP contribution is -2.00. The summed E-state index contributed by atoms with van der Waals surface area (Å²) < 4.78 is 10.7. The maximum atomic E-state index is 5.43. The molecule has 0 saturated heterocycles. The second-order valence-electron chi connectivity index (χ2n) is 4.24. The van der Waals surface area contributed by atoms with Crippen molar-refractivity contribution in [1.82, 2.24) is 0 Å². The van der Waals surface area contributed by atoms with Crippen molar-refractivity contribution in [1.29, 1.82) is 0 Å². The van der Waals surface area contributed by atoms with Gasteiger partial charge in [0.05, 0.1) is 14.2 Å². The van der Waals surface area contributed by atoms with E-state index in [1.165, 1.54) is 5.56 Å². The molecule has 0 N–H and O–H groups in total. The van der Waals surface area contributed by atoms with Crippen molar-refractivity contribution < 1.29 is 9.47 Å². The van der Waals surface area contributed by atoms with Crippen LogP contribution in [0.1, 0.15) is 24.0 Å². The smallest absolute Gasteiger partial charge is 0.122 e. The molecule has 0 aromatic heterocycles. The number of benzene rings is 2. The molecule has 0 saturated carbocycles. The van der Waals surface area contributed by atoms with E-state index in [0.717, 1.165) is 17.1 Å². The average Bonchev–Trinajstić information content (AvgIpc) is 2.46. The number of rotatable bonds is 4. The van der Waals surface area contributed by atoms with Crippen molar-refractivity contribution in [2.75, 3.05) is 14.2 Å². The number of hydrogen-bond donors (Lipinski definition) is 0. The molecule has 0 heterocycles. The zero-order valence-corrected chi connectivity index (χ0v) is 11.0. The first-order chi connectivity index (χ1) is 8.76. The first-order valence-corrected chi connectivity index (χ1v) is 6.03. The second kappa shape index (κ2) is 5.58. The molecular formula is C16H18O2. The van der Waals surface area contributed by atoms with Gasteiger partial charge in [-0.3, -0.25) is 0 Å². The highest BCUT2D eigenvalue weighted by Crippen LogP contribution is 2.34. The van der Waals surface area contributed by atoms with Crippen LogP contribution in [0.15, 0.2) is 48.5 Å². The summed E-state index contributed by atoms with van der Waals surface area (Å²) in [4.78, 5) is 0. The van der Waals surface area contributed by atoms with E-state index >= 15 is 0 Å². The number of methoxy groups -OCH3 is 2. The summed E-state index contributed by atoms with van der Waals surface area (Å²) in [5.74, 6) is 2.02. The highest BCUT2D eigenvalue weighted by Gasteiger charge is 2.14. The van der Waals surface area contributed by atoms with Gasteiger partial charge in [0.25, 0.3) is 0 Å². The SMILES string of the molecule is COc1ccc(OC)c([C@H](C)c2ccccc2)c1. The van der Waals surface area contributed by atoms with Crippen molar-refractivity contribution in [3.05, 3.63) is 59.7 Å². The summed E-state index contributed by atoms with van der Waals surface area (Å²) in [6.45, 7) is 2.17. The predicted octanol–water partition coefficient (Wildman–Crippen LogP) is 3.86. The Morgan fingerprint density at radius 2 is 1.61 bits per heavy atom. The lowest BCUT2D eigenvalue weighted by Gasteiger charge is -2.17. The van der Waals surface area contributed by atoms with E-state index in [0.29, 0.717) is 0 Å². The third-order valence-electron chi connectivity index (χ3n) is 3.20. The molecular weight excluding hydrogens is 224 g/mol. The van der Waals surface area contributed by atoms with Crippen molar-refractivity contribution in [3.8, 4) is 11.5 Å². The van der Waals surface area contributed by atoms with Gasteiger partial charge in [-0.15, -0.1) is 0 Å². The molecule has 2 aromatic carbocycles. The molecule has 0 bridgehead atoms. The van der Waals surface area contributed by atoms with Gasteiger partial charge in [0.15, 0.2) is 0 Å². The summed E-state index contributed by atoms with van der Waals surface area (Å²) in [7, 11) is 3.38. The highest BCUT2D eigenvalue weighted by molar-refractivity contribution is 5.46. The Bertz CT molecular complexity index is 506. The molecule has 0 fully saturated rings. The van der Waals surface area contributed by atoms with Gasteiger partial charge in [0, 0.05) is 11.5 Å². The Morgan fingerprint density at radius 3 is 2.22 bits per heavy atom. The minimum absolute atomic E-state index is 0.274. The van der Waals surface area contributed by atoms with Gasteiger partial charge in [-0.2, -0.15) is 0 Å². The Balaban J connectivity index is 2.42. The van der Waals surface area contributed by atoms with E-state index in [4.69, 9.17) is 9.47 Å². The molecule has 0 amide bonds. The summed E-state index contributed by atoms with van der Waals surface area (Å²) >= 11 is 0. The molecule has 0 radical (unpaired) electrons. The van der Waals surface area contributed by atoms with Crippen LogP contribution >= 0.6 is 0 Å². The summed E-state index contributed by atoms with van der Waals surface area (Å²) in [6, 6.07) is 16.3. The quantitative estimate of drug-likeness (QED) is 0.810. The Morgan fingerprint density at radius 1 is 0.889 bits per heavy atom. The molecule has 2 heteroatoms. The molecule has 0 unspecified atom stereocenters. The van der Waals surface area contributed by atoms with E-state index in [2.05, 4.69) is 31.2 Å². The van der Waals surface area contributed by atoms with Crippen LogP contribution in [0.2, 0.25) is 0 Å². The standard InChI is InChI=1S/C16H18O2/c1-12(13-7-5-4-6-8-13)15-11-14(17-2)9-10-16(15)18-3/h4-12H,1-3H3/t12-/m1/s1. The van der Waals surface area contributed by atoms with Crippen LogP contribution in [0.25, 0.3) is 0 Å². The van der Waals surface area contributed by atoms with Gasteiger partial charge in [-0.1, -0.05) is 37.3 Å². The van der Waals surface area contributed by atoms with E-state index in [1.807, 2.05) is 24.3 Å². The van der Waals surface area contributed by atoms with Crippen LogP contribution in [-0.4, -0.2) is 14.2 Å². The fourth-order valence-corrected chi connectivity index (χ4v) is 2.10. The zero-order valence-electron chi connectivity index (χ0n) is 11.0. The summed E-state index contributed by atoms with van der Waals surface area (Å²) in [6.07, 6.45) is 0. The van der Waals surface area contributed by atoms with Crippen LogP contribution in [0, 0.1) is 0 Å². The fourth-order valence-electron chi connectivity index (χ4n) is 2.10. The average molecular weight is 242 g/mol. The predicted molar refractivity (Wildman–Crippen MR) is 73.5 cm³/mol. The van der Waals surface area contributed by atoms with Crippen molar-refractivity contribution >= 4 is 0 Å². The largest absolute Gasteiger partial charge is 0.497 e. The topological polar surface area (TPSA) is 18.5 Å². The van der Waals surface area contributed by atoms with Gasteiger partial charge < -0.3 is 9.47 Å².